The number of carbonyl (C=O) groups is 1. The van der Waals surface area contributed by atoms with Gasteiger partial charge in [0.2, 0.25) is 0 Å². The van der Waals surface area contributed by atoms with E-state index in [1.54, 1.807) is 5.38 Å². The molecule has 1 N–H and O–H groups in total. The van der Waals surface area contributed by atoms with E-state index < -0.39 is 10.9 Å². The molecular weight excluding hydrogens is 258 g/mol. The molecule has 2 rings (SSSR count). The van der Waals surface area contributed by atoms with Crippen molar-refractivity contribution in [2.75, 3.05) is 0 Å². The van der Waals surface area contributed by atoms with E-state index in [4.69, 9.17) is 5.11 Å². The van der Waals surface area contributed by atoms with Crippen molar-refractivity contribution in [3.05, 3.63) is 44.2 Å². The highest BCUT2D eigenvalue weighted by molar-refractivity contribution is 7.09. The molecule has 2 heterocycles. The third kappa shape index (κ3) is 2.38. The van der Waals surface area contributed by atoms with Crippen LogP contribution < -0.4 is 0 Å². The first-order valence-electron chi connectivity index (χ1n) is 4.96. The number of aryl methyl sites for hydroxylation is 1. The fourth-order valence-electron chi connectivity index (χ4n) is 1.56. The fourth-order valence-corrected chi connectivity index (χ4v) is 2.16. The van der Waals surface area contributed by atoms with Crippen LogP contribution in [0.2, 0.25) is 0 Å². The fraction of sp³-hybridized carbons (Fsp3) is 0.200. The Balaban J connectivity index is 2.36. The maximum Gasteiger partial charge on any atom is 0.352 e. The van der Waals surface area contributed by atoms with Crippen LogP contribution in [0.15, 0.2) is 17.6 Å². The number of hydrogen-bond donors (Lipinski definition) is 1. The van der Waals surface area contributed by atoms with Crippen LogP contribution in [0.25, 0.3) is 0 Å². The molecule has 0 unspecified atom stereocenters. The lowest BCUT2D eigenvalue weighted by Gasteiger charge is -2.02. The van der Waals surface area contributed by atoms with Crippen molar-refractivity contribution < 1.29 is 14.8 Å². The van der Waals surface area contributed by atoms with Crippen molar-refractivity contribution in [2.24, 2.45) is 0 Å². The van der Waals surface area contributed by atoms with Crippen molar-refractivity contribution in [1.82, 2.24) is 9.55 Å². The molecule has 2 aromatic rings. The molecule has 0 spiro atoms. The number of hydrogen-bond acceptors (Lipinski definition) is 5. The molecule has 7 nitrogen and oxygen atoms in total. The Morgan fingerprint density at radius 3 is 2.89 bits per heavy atom. The van der Waals surface area contributed by atoms with Gasteiger partial charge in [0.05, 0.1) is 28.4 Å². The highest BCUT2D eigenvalue weighted by atomic mass is 32.1. The minimum Gasteiger partial charge on any atom is -0.477 e. The van der Waals surface area contributed by atoms with Crippen molar-refractivity contribution in [1.29, 1.82) is 0 Å². The van der Waals surface area contributed by atoms with Crippen LogP contribution >= 0.6 is 11.3 Å². The van der Waals surface area contributed by atoms with Crippen LogP contribution in [-0.4, -0.2) is 25.6 Å². The zero-order chi connectivity index (χ0) is 13.3. The minimum atomic E-state index is -1.20. The molecular formula is C10H9N3O4S. The number of aromatic nitrogens is 2. The van der Waals surface area contributed by atoms with E-state index >= 15 is 0 Å². The largest absolute Gasteiger partial charge is 0.477 e. The Hall–Kier alpha value is -2.22. The Labute approximate surface area is 105 Å². The monoisotopic (exact) mass is 267 g/mol. The molecule has 0 aromatic carbocycles. The summed E-state index contributed by atoms with van der Waals surface area (Å²) in [4.78, 5) is 25.2. The van der Waals surface area contributed by atoms with Gasteiger partial charge in [0.25, 0.3) is 5.69 Å². The number of nitro groups is 1. The second-order valence-electron chi connectivity index (χ2n) is 3.63. The van der Waals surface area contributed by atoms with Crippen LogP contribution in [-0.2, 0) is 6.54 Å². The third-order valence-electron chi connectivity index (χ3n) is 2.31. The lowest BCUT2D eigenvalue weighted by molar-refractivity contribution is -0.384. The van der Waals surface area contributed by atoms with Gasteiger partial charge in [0.1, 0.15) is 5.69 Å². The first-order valence-corrected chi connectivity index (χ1v) is 5.84. The minimum absolute atomic E-state index is 0.118. The molecule has 0 amide bonds. The molecule has 94 valence electrons. The van der Waals surface area contributed by atoms with Crippen molar-refractivity contribution >= 4 is 23.0 Å². The summed E-state index contributed by atoms with van der Waals surface area (Å²) in [6.45, 7) is 2.05. The summed E-state index contributed by atoms with van der Waals surface area (Å²) in [5.74, 6) is -1.20. The Bertz CT molecular complexity index is 616. The Kier molecular flexibility index (Phi) is 3.11. The predicted octanol–water partition coefficient (Wildman–Crippen LogP) is 1.91. The second kappa shape index (κ2) is 4.57. The molecule has 8 heteroatoms. The lowest BCUT2D eigenvalue weighted by atomic mass is 10.4. The van der Waals surface area contributed by atoms with Gasteiger partial charge in [0, 0.05) is 11.4 Å². The quantitative estimate of drug-likeness (QED) is 0.673. The summed E-state index contributed by atoms with van der Waals surface area (Å²) in [5.41, 5.74) is 0.331. The highest BCUT2D eigenvalue weighted by Gasteiger charge is 2.19. The lowest BCUT2D eigenvalue weighted by Crippen LogP contribution is -2.08. The number of carboxylic acids is 1. The summed E-state index contributed by atoms with van der Waals surface area (Å²) in [6.07, 6.45) is 1.21. The van der Waals surface area contributed by atoms with Gasteiger partial charge in [0.15, 0.2) is 0 Å². The van der Waals surface area contributed by atoms with E-state index in [0.29, 0.717) is 5.69 Å². The average molecular weight is 267 g/mol. The molecule has 0 fully saturated rings. The molecule has 0 bridgehead atoms. The van der Waals surface area contributed by atoms with Crippen LogP contribution in [0.5, 0.6) is 0 Å². The average Bonchev–Trinajstić information content (AvgIpc) is 2.85. The van der Waals surface area contributed by atoms with Gasteiger partial charge in [-0.2, -0.15) is 0 Å². The molecule has 2 aromatic heterocycles. The molecule has 0 aliphatic heterocycles. The summed E-state index contributed by atoms with van der Waals surface area (Å²) < 4.78 is 1.31. The van der Waals surface area contributed by atoms with Crippen LogP contribution in [0.3, 0.4) is 0 Å². The molecule has 0 saturated heterocycles. The summed E-state index contributed by atoms with van der Waals surface area (Å²) in [6, 6.07) is 1.04. The van der Waals surface area contributed by atoms with Gasteiger partial charge in [-0.1, -0.05) is 0 Å². The van der Waals surface area contributed by atoms with Gasteiger partial charge in [-0.05, 0) is 6.92 Å². The molecule has 0 saturated carbocycles. The van der Waals surface area contributed by atoms with Gasteiger partial charge in [-0.3, -0.25) is 10.1 Å². The zero-order valence-corrected chi connectivity index (χ0v) is 10.2. The Morgan fingerprint density at radius 1 is 1.67 bits per heavy atom. The van der Waals surface area contributed by atoms with E-state index in [-0.39, 0.29) is 17.9 Å². The zero-order valence-electron chi connectivity index (χ0n) is 9.36. The van der Waals surface area contributed by atoms with E-state index in [1.165, 1.54) is 22.1 Å². The maximum absolute atomic E-state index is 11.0. The van der Waals surface area contributed by atoms with E-state index in [1.807, 2.05) is 6.92 Å². The topological polar surface area (TPSA) is 98.3 Å². The van der Waals surface area contributed by atoms with Crippen molar-refractivity contribution in [2.45, 2.75) is 13.5 Å². The van der Waals surface area contributed by atoms with E-state index in [9.17, 15) is 14.9 Å². The number of thiazole rings is 1. The molecule has 0 radical (unpaired) electrons. The molecule has 18 heavy (non-hydrogen) atoms. The summed E-state index contributed by atoms with van der Waals surface area (Å²) in [5, 5.41) is 22.3. The van der Waals surface area contributed by atoms with Crippen molar-refractivity contribution in [3.63, 3.8) is 0 Å². The standard InChI is InChI=1S/C10H9N3O4S/c1-6-11-7(5-18-6)3-12-4-8(13(16)17)2-9(12)10(14)15/h2,4-5H,3H2,1H3,(H,14,15). The Morgan fingerprint density at radius 2 is 2.39 bits per heavy atom. The molecule has 0 aliphatic rings. The summed E-state index contributed by atoms with van der Waals surface area (Å²) in [7, 11) is 0. The number of aromatic carboxylic acids is 1. The number of nitrogens with zero attached hydrogens (tertiary/aromatic N) is 3. The summed E-state index contributed by atoms with van der Waals surface area (Å²) >= 11 is 1.45. The van der Waals surface area contributed by atoms with Gasteiger partial charge < -0.3 is 9.67 Å². The van der Waals surface area contributed by atoms with Gasteiger partial charge >= 0.3 is 5.97 Å². The first-order chi connectivity index (χ1) is 8.47. The maximum atomic E-state index is 11.0. The highest BCUT2D eigenvalue weighted by Crippen LogP contribution is 2.18. The SMILES string of the molecule is Cc1nc(Cn2cc([N+](=O)[O-])cc2C(=O)O)cs1. The van der Waals surface area contributed by atoms with Crippen molar-refractivity contribution in [3.8, 4) is 0 Å². The van der Waals surface area contributed by atoms with Crippen LogP contribution in [0.1, 0.15) is 21.2 Å². The van der Waals surface area contributed by atoms with E-state index in [2.05, 4.69) is 4.98 Å². The first kappa shape index (κ1) is 12.2. The van der Waals surface area contributed by atoms with Gasteiger partial charge in [-0.25, -0.2) is 9.78 Å². The number of rotatable bonds is 4. The molecule has 0 aliphatic carbocycles. The number of carboxylic acid groups (broad SMARTS) is 1. The van der Waals surface area contributed by atoms with Gasteiger partial charge in [-0.15, -0.1) is 11.3 Å². The van der Waals surface area contributed by atoms with E-state index in [0.717, 1.165) is 11.1 Å². The smallest absolute Gasteiger partial charge is 0.352 e. The predicted molar refractivity (Wildman–Crippen MR) is 64.0 cm³/mol. The molecule has 0 atom stereocenters. The second-order valence-corrected chi connectivity index (χ2v) is 4.69. The normalized spacial score (nSPS) is 10.5. The third-order valence-corrected chi connectivity index (χ3v) is 3.13. The van der Waals surface area contributed by atoms with Crippen LogP contribution in [0.4, 0.5) is 5.69 Å². The van der Waals surface area contributed by atoms with Crippen LogP contribution in [0, 0.1) is 17.0 Å².